The number of aryl methyl sites for hydroxylation is 1. The lowest BCUT2D eigenvalue weighted by Crippen LogP contribution is -2.11. The van der Waals surface area contributed by atoms with E-state index in [4.69, 9.17) is 11.6 Å². The maximum absolute atomic E-state index is 10.8. The van der Waals surface area contributed by atoms with Crippen LogP contribution in [0.1, 0.15) is 5.69 Å². The van der Waals surface area contributed by atoms with Crippen molar-refractivity contribution in [1.29, 1.82) is 0 Å². The van der Waals surface area contributed by atoms with E-state index in [1.165, 1.54) is 11.8 Å². The fourth-order valence-corrected chi connectivity index (χ4v) is 0.922. The SMILES string of the molecule is COC(=O)Cn1cc(Cl)c(C)n1. The summed E-state index contributed by atoms with van der Waals surface area (Å²) in [5.74, 6) is -0.339. The van der Waals surface area contributed by atoms with E-state index in [2.05, 4.69) is 9.84 Å². The minimum absolute atomic E-state index is 0.101. The van der Waals surface area contributed by atoms with Gasteiger partial charge >= 0.3 is 5.97 Å². The van der Waals surface area contributed by atoms with Crippen molar-refractivity contribution in [3.63, 3.8) is 0 Å². The average Bonchev–Trinajstić information content (AvgIpc) is 2.31. The molecule has 0 saturated heterocycles. The highest BCUT2D eigenvalue weighted by Gasteiger charge is 2.05. The third kappa shape index (κ3) is 1.98. The largest absolute Gasteiger partial charge is 0.468 e. The first-order valence-corrected chi connectivity index (χ1v) is 3.77. The molecule has 66 valence electrons. The summed E-state index contributed by atoms with van der Waals surface area (Å²) >= 11 is 5.72. The molecule has 1 aromatic heterocycles. The van der Waals surface area contributed by atoms with Gasteiger partial charge in [-0.3, -0.25) is 9.48 Å². The van der Waals surface area contributed by atoms with E-state index >= 15 is 0 Å². The van der Waals surface area contributed by atoms with Gasteiger partial charge in [-0.15, -0.1) is 0 Å². The Morgan fingerprint density at radius 1 is 1.83 bits per heavy atom. The minimum atomic E-state index is -0.339. The summed E-state index contributed by atoms with van der Waals surface area (Å²) in [4.78, 5) is 10.8. The molecule has 0 aliphatic rings. The molecular formula is C7H9ClN2O2. The number of halogens is 1. The monoisotopic (exact) mass is 188 g/mol. The summed E-state index contributed by atoms with van der Waals surface area (Å²) in [5, 5.41) is 4.54. The zero-order valence-corrected chi connectivity index (χ0v) is 7.63. The number of carbonyl (C=O) groups is 1. The second-order valence-corrected chi connectivity index (χ2v) is 2.74. The molecule has 0 aliphatic carbocycles. The van der Waals surface area contributed by atoms with Crippen molar-refractivity contribution in [2.24, 2.45) is 0 Å². The van der Waals surface area contributed by atoms with Crippen molar-refractivity contribution in [3.8, 4) is 0 Å². The Hall–Kier alpha value is -1.03. The van der Waals surface area contributed by atoms with E-state index in [-0.39, 0.29) is 12.5 Å². The smallest absolute Gasteiger partial charge is 0.327 e. The van der Waals surface area contributed by atoms with Gasteiger partial charge in [0.2, 0.25) is 0 Å². The quantitative estimate of drug-likeness (QED) is 0.651. The van der Waals surface area contributed by atoms with Gasteiger partial charge in [0, 0.05) is 6.20 Å². The first-order chi connectivity index (χ1) is 5.63. The van der Waals surface area contributed by atoms with Gasteiger partial charge in [-0.05, 0) is 6.92 Å². The summed E-state index contributed by atoms with van der Waals surface area (Å²) in [5.41, 5.74) is 0.709. The normalized spacial score (nSPS) is 9.92. The molecule has 0 aliphatic heterocycles. The lowest BCUT2D eigenvalue weighted by molar-refractivity contribution is -0.141. The molecule has 12 heavy (non-hydrogen) atoms. The topological polar surface area (TPSA) is 44.1 Å². The van der Waals surface area contributed by atoms with Crippen LogP contribution in [0.4, 0.5) is 0 Å². The van der Waals surface area contributed by atoms with Gasteiger partial charge in [-0.25, -0.2) is 0 Å². The van der Waals surface area contributed by atoms with E-state index in [0.29, 0.717) is 10.7 Å². The van der Waals surface area contributed by atoms with E-state index in [1.807, 2.05) is 0 Å². The fourth-order valence-electron chi connectivity index (χ4n) is 0.771. The standard InChI is InChI=1S/C7H9ClN2O2/c1-5-6(8)3-10(9-5)4-7(11)12-2/h3H,4H2,1-2H3. The first kappa shape index (κ1) is 9.06. The van der Waals surface area contributed by atoms with Gasteiger partial charge < -0.3 is 4.74 Å². The molecule has 0 unspecified atom stereocenters. The molecule has 1 aromatic rings. The third-order valence-corrected chi connectivity index (χ3v) is 1.78. The number of carbonyl (C=O) groups excluding carboxylic acids is 1. The van der Waals surface area contributed by atoms with Crippen LogP contribution < -0.4 is 0 Å². The summed E-state index contributed by atoms with van der Waals surface area (Å²) in [7, 11) is 1.33. The lowest BCUT2D eigenvalue weighted by atomic mass is 10.5. The van der Waals surface area contributed by atoms with Crippen LogP contribution in [-0.4, -0.2) is 22.9 Å². The van der Waals surface area contributed by atoms with Gasteiger partial charge in [0.1, 0.15) is 6.54 Å². The zero-order valence-electron chi connectivity index (χ0n) is 6.87. The second kappa shape index (κ2) is 3.58. The van der Waals surface area contributed by atoms with E-state index in [1.54, 1.807) is 13.1 Å². The second-order valence-electron chi connectivity index (χ2n) is 2.34. The molecule has 0 fully saturated rings. The van der Waals surface area contributed by atoms with Gasteiger partial charge in [0.15, 0.2) is 0 Å². The number of hydrogen-bond acceptors (Lipinski definition) is 3. The van der Waals surface area contributed by atoms with Crippen LogP contribution in [0, 0.1) is 6.92 Å². The van der Waals surface area contributed by atoms with Crippen molar-refractivity contribution in [3.05, 3.63) is 16.9 Å². The number of esters is 1. The van der Waals surface area contributed by atoms with Crippen LogP contribution in [0.3, 0.4) is 0 Å². The maximum atomic E-state index is 10.8. The Balaban J connectivity index is 2.70. The molecule has 0 aromatic carbocycles. The third-order valence-electron chi connectivity index (χ3n) is 1.41. The van der Waals surface area contributed by atoms with E-state index < -0.39 is 0 Å². The number of rotatable bonds is 2. The predicted octanol–water partition coefficient (Wildman–Crippen LogP) is 1.02. The molecule has 0 radical (unpaired) electrons. The molecule has 1 rings (SSSR count). The molecule has 0 amide bonds. The van der Waals surface area contributed by atoms with Crippen LogP contribution >= 0.6 is 11.6 Å². The Morgan fingerprint density at radius 2 is 2.50 bits per heavy atom. The Kier molecular flexibility index (Phi) is 2.70. The number of aromatic nitrogens is 2. The highest BCUT2D eigenvalue weighted by atomic mass is 35.5. The number of hydrogen-bond donors (Lipinski definition) is 0. The summed E-state index contributed by atoms with van der Waals surface area (Å²) in [6.07, 6.45) is 1.59. The Morgan fingerprint density at radius 3 is 2.92 bits per heavy atom. The molecule has 0 atom stereocenters. The van der Waals surface area contributed by atoms with Gasteiger partial charge in [0.05, 0.1) is 17.8 Å². The highest BCUT2D eigenvalue weighted by molar-refractivity contribution is 6.31. The average molecular weight is 189 g/mol. The molecule has 0 saturated carbocycles. The van der Waals surface area contributed by atoms with Crippen molar-refractivity contribution in [2.75, 3.05) is 7.11 Å². The Bertz CT molecular complexity index is 276. The molecular weight excluding hydrogens is 180 g/mol. The maximum Gasteiger partial charge on any atom is 0.327 e. The van der Waals surface area contributed by atoms with E-state index in [9.17, 15) is 4.79 Å². The summed E-state index contributed by atoms with van der Waals surface area (Å²) < 4.78 is 5.91. The first-order valence-electron chi connectivity index (χ1n) is 3.40. The summed E-state index contributed by atoms with van der Waals surface area (Å²) in [6, 6.07) is 0. The number of methoxy groups -OCH3 is 1. The molecule has 1 heterocycles. The predicted molar refractivity (Wildman–Crippen MR) is 44.0 cm³/mol. The Labute approximate surface area is 75.1 Å². The van der Waals surface area contributed by atoms with Gasteiger partial charge in [0.25, 0.3) is 0 Å². The molecule has 5 heteroatoms. The van der Waals surface area contributed by atoms with Crippen LogP contribution in [0.25, 0.3) is 0 Å². The van der Waals surface area contributed by atoms with Gasteiger partial charge in [-0.1, -0.05) is 11.6 Å². The fraction of sp³-hybridized carbons (Fsp3) is 0.429. The minimum Gasteiger partial charge on any atom is -0.468 e. The zero-order chi connectivity index (χ0) is 9.14. The van der Waals surface area contributed by atoms with Crippen LogP contribution in [-0.2, 0) is 16.1 Å². The molecule has 0 bridgehead atoms. The van der Waals surface area contributed by atoms with Crippen LogP contribution in [0.15, 0.2) is 6.20 Å². The number of nitrogens with zero attached hydrogens (tertiary/aromatic N) is 2. The molecule has 0 N–H and O–H groups in total. The lowest BCUT2D eigenvalue weighted by Gasteiger charge is -1.97. The van der Waals surface area contributed by atoms with Crippen LogP contribution in [0.2, 0.25) is 5.02 Å². The van der Waals surface area contributed by atoms with E-state index in [0.717, 1.165) is 0 Å². The van der Waals surface area contributed by atoms with Crippen molar-refractivity contribution < 1.29 is 9.53 Å². The van der Waals surface area contributed by atoms with Crippen molar-refractivity contribution >= 4 is 17.6 Å². The summed E-state index contributed by atoms with van der Waals surface area (Å²) in [6.45, 7) is 1.88. The van der Waals surface area contributed by atoms with Crippen molar-refractivity contribution in [2.45, 2.75) is 13.5 Å². The van der Waals surface area contributed by atoms with Crippen molar-refractivity contribution in [1.82, 2.24) is 9.78 Å². The van der Waals surface area contributed by atoms with Gasteiger partial charge in [-0.2, -0.15) is 5.10 Å². The number of ether oxygens (including phenoxy) is 1. The molecule has 4 nitrogen and oxygen atoms in total. The van der Waals surface area contributed by atoms with Crippen LogP contribution in [0.5, 0.6) is 0 Å². The highest BCUT2D eigenvalue weighted by Crippen LogP contribution is 2.11. The molecule has 0 spiro atoms.